The standard InChI is InChI=1S/C19H32O2Si/c1-8-16(2)18(21-22(6,7)19(3,4)5)15-20-14-17-12-10-9-11-13-17/h8-13,16,18H,1,14-15H2,2-7H3/t16-,18-/m0/s1. The molecule has 2 nitrogen and oxygen atoms in total. The van der Waals surface area contributed by atoms with Gasteiger partial charge < -0.3 is 9.16 Å². The predicted molar refractivity (Wildman–Crippen MR) is 97.5 cm³/mol. The summed E-state index contributed by atoms with van der Waals surface area (Å²) in [5.74, 6) is 0.282. The molecule has 0 fully saturated rings. The van der Waals surface area contributed by atoms with Crippen LogP contribution in [-0.2, 0) is 15.8 Å². The fourth-order valence-corrected chi connectivity index (χ4v) is 3.26. The Morgan fingerprint density at radius 1 is 1.18 bits per heavy atom. The lowest BCUT2D eigenvalue weighted by molar-refractivity contribution is 0.0184. The van der Waals surface area contributed by atoms with Crippen molar-refractivity contribution in [1.82, 2.24) is 0 Å². The zero-order valence-corrected chi connectivity index (χ0v) is 16.1. The lowest BCUT2D eigenvalue weighted by atomic mass is 10.1. The summed E-state index contributed by atoms with van der Waals surface area (Å²) >= 11 is 0. The van der Waals surface area contributed by atoms with Gasteiger partial charge in [-0.05, 0) is 23.7 Å². The Morgan fingerprint density at radius 3 is 2.27 bits per heavy atom. The Hall–Kier alpha value is -0.903. The molecule has 0 saturated carbocycles. The van der Waals surface area contributed by atoms with E-state index in [9.17, 15) is 0 Å². The first kappa shape index (κ1) is 19.1. The summed E-state index contributed by atoms with van der Waals surface area (Å²) < 4.78 is 12.4. The van der Waals surface area contributed by atoms with Crippen molar-refractivity contribution in [3.8, 4) is 0 Å². The maximum Gasteiger partial charge on any atom is 0.192 e. The zero-order valence-electron chi connectivity index (χ0n) is 15.1. The van der Waals surface area contributed by atoms with E-state index in [0.29, 0.717) is 13.2 Å². The number of benzene rings is 1. The summed E-state index contributed by atoms with van der Waals surface area (Å²) in [6.07, 6.45) is 2.03. The van der Waals surface area contributed by atoms with Crippen molar-refractivity contribution in [1.29, 1.82) is 0 Å². The first-order chi connectivity index (χ1) is 10.2. The second kappa shape index (κ2) is 8.09. The predicted octanol–water partition coefficient (Wildman–Crippen LogP) is 5.42. The molecular weight excluding hydrogens is 288 g/mol. The van der Waals surface area contributed by atoms with Crippen molar-refractivity contribution < 1.29 is 9.16 Å². The molecule has 0 aromatic heterocycles. The summed E-state index contributed by atoms with van der Waals surface area (Å²) in [6, 6.07) is 10.3. The van der Waals surface area contributed by atoms with Gasteiger partial charge in [-0.25, -0.2) is 0 Å². The SMILES string of the molecule is C=C[C@H](C)[C@H](COCc1ccccc1)O[Si](C)(C)C(C)(C)C. The van der Waals surface area contributed by atoms with Gasteiger partial charge in [0.05, 0.1) is 19.3 Å². The molecule has 1 aromatic rings. The van der Waals surface area contributed by atoms with Crippen molar-refractivity contribution in [3.05, 3.63) is 48.6 Å². The van der Waals surface area contributed by atoms with Gasteiger partial charge in [0.2, 0.25) is 0 Å². The minimum atomic E-state index is -1.80. The highest BCUT2D eigenvalue weighted by molar-refractivity contribution is 6.74. The van der Waals surface area contributed by atoms with Crippen molar-refractivity contribution in [2.45, 2.75) is 58.5 Å². The van der Waals surface area contributed by atoms with Gasteiger partial charge in [-0.15, -0.1) is 6.58 Å². The van der Waals surface area contributed by atoms with Gasteiger partial charge in [0.25, 0.3) is 0 Å². The van der Waals surface area contributed by atoms with Gasteiger partial charge in [0.1, 0.15) is 0 Å². The molecule has 0 saturated heterocycles. The van der Waals surface area contributed by atoms with Crippen molar-refractivity contribution in [2.24, 2.45) is 5.92 Å². The molecule has 0 aliphatic carbocycles. The Bertz CT molecular complexity index is 448. The van der Waals surface area contributed by atoms with E-state index in [1.54, 1.807) is 0 Å². The van der Waals surface area contributed by atoms with Gasteiger partial charge in [-0.2, -0.15) is 0 Å². The fourth-order valence-electron chi connectivity index (χ4n) is 1.87. The summed E-state index contributed by atoms with van der Waals surface area (Å²) in [4.78, 5) is 0. The molecule has 0 unspecified atom stereocenters. The van der Waals surface area contributed by atoms with Crippen LogP contribution in [0.5, 0.6) is 0 Å². The Balaban J connectivity index is 2.64. The molecule has 1 rings (SSSR count). The molecule has 1 aromatic carbocycles. The molecule has 124 valence electrons. The van der Waals surface area contributed by atoms with E-state index >= 15 is 0 Å². The maximum atomic E-state index is 6.54. The van der Waals surface area contributed by atoms with Gasteiger partial charge >= 0.3 is 0 Å². The largest absolute Gasteiger partial charge is 0.411 e. The lowest BCUT2D eigenvalue weighted by Crippen LogP contribution is -2.46. The lowest BCUT2D eigenvalue weighted by Gasteiger charge is -2.40. The maximum absolute atomic E-state index is 6.54. The fraction of sp³-hybridized carbons (Fsp3) is 0.579. The van der Waals surface area contributed by atoms with Gasteiger partial charge in [-0.1, -0.05) is 64.1 Å². The Labute approximate surface area is 137 Å². The topological polar surface area (TPSA) is 18.5 Å². The Morgan fingerprint density at radius 2 is 1.77 bits per heavy atom. The molecule has 0 bridgehead atoms. The van der Waals surface area contributed by atoms with Crippen LogP contribution in [0.25, 0.3) is 0 Å². The van der Waals surface area contributed by atoms with Gasteiger partial charge in [0.15, 0.2) is 8.32 Å². The second-order valence-electron chi connectivity index (χ2n) is 7.51. The molecule has 22 heavy (non-hydrogen) atoms. The van der Waals surface area contributed by atoms with E-state index in [0.717, 1.165) is 0 Å². The van der Waals surface area contributed by atoms with Crippen LogP contribution in [0.15, 0.2) is 43.0 Å². The molecule has 0 radical (unpaired) electrons. The third-order valence-electron chi connectivity index (χ3n) is 4.60. The molecule has 3 heteroatoms. The molecule has 0 heterocycles. The molecule has 0 spiro atoms. The third kappa shape index (κ3) is 5.71. The second-order valence-corrected chi connectivity index (χ2v) is 12.3. The van der Waals surface area contributed by atoms with Gasteiger partial charge in [0, 0.05) is 5.92 Å². The smallest absolute Gasteiger partial charge is 0.192 e. The number of ether oxygens (including phenoxy) is 1. The van der Waals surface area contributed by atoms with Crippen LogP contribution in [0.1, 0.15) is 33.3 Å². The quantitative estimate of drug-likeness (QED) is 0.470. The van der Waals surface area contributed by atoms with Gasteiger partial charge in [-0.3, -0.25) is 0 Å². The molecule has 0 aliphatic heterocycles. The van der Waals surface area contributed by atoms with E-state index in [1.807, 2.05) is 24.3 Å². The first-order valence-corrected chi connectivity index (χ1v) is 11.0. The van der Waals surface area contributed by atoms with Crippen LogP contribution in [0.2, 0.25) is 18.1 Å². The van der Waals surface area contributed by atoms with E-state index in [1.165, 1.54) is 5.56 Å². The normalized spacial score (nSPS) is 15.4. The van der Waals surface area contributed by atoms with Crippen molar-refractivity contribution in [3.63, 3.8) is 0 Å². The molecule has 0 aliphatic rings. The van der Waals surface area contributed by atoms with E-state index in [4.69, 9.17) is 9.16 Å². The highest BCUT2D eigenvalue weighted by Crippen LogP contribution is 2.38. The summed E-state index contributed by atoms with van der Waals surface area (Å²) in [7, 11) is -1.80. The number of rotatable bonds is 8. The summed E-state index contributed by atoms with van der Waals surface area (Å²) in [5.41, 5.74) is 1.19. The first-order valence-electron chi connectivity index (χ1n) is 8.09. The van der Waals surface area contributed by atoms with E-state index in [-0.39, 0.29) is 17.1 Å². The highest BCUT2D eigenvalue weighted by Gasteiger charge is 2.39. The molecule has 0 amide bonds. The van der Waals surface area contributed by atoms with E-state index in [2.05, 4.69) is 59.5 Å². The molecule has 0 N–H and O–H groups in total. The van der Waals surface area contributed by atoms with Crippen molar-refractivity contribution >= 4 is 8.32 Å². The number of hydrogen-bond donors (Lipinski definition) is 0. The third-order valence-corrected chi connectivity index (χ3v) is 9.11. The van der Waals surface area contributed by atoms with Crippen molar-refractivity contribution in [2.75, 3.05) is 6.61 Å². The average Bonchev–Trinajstić information content (AvgIpc) is 2.45. The minimum Gasteiger partial charge on any atom is -0.411 e. The van der Waals surface area contributed by atoms with Crippen LogP contribution in [-0.4, -0.2) is 21.0 Å². The highest BCUT2D eigenvalue weighted by atomic mass is 28.4. The summed E-state index contributed by atoms with van der Waals surface area (Å²) in [6.45, 7) is 18.7. The van der Waals surface area contributed by atoms with Crippen LogP contribution in [0.4, 0.5) is 0 Å². The zero-order chi connectivity index (χ0) is 16.8. The van der Waals surface area contributed by atoms with Crippen LogP contribution < -0.4 is 0 Å². The molecule has 2 atom stereocenters. The minimum absolute atomic E-state index is 0.0714. The summed E-state index contributed by atoms with van der Waals surface area (Å²) in [5, 5.41) is 0.200. The Kier molecular flexibility index (Phi) is 7.04. The molecular formula is C19H32O2Si. The average molecular weight is 321 g/mol. The van der Waals surface area contributed by atoms with Crippen LogP contribution >= 0.6 is 0 Å². The van der Waals surface area contributed by atoms with Crippen LogP contribution in [0, 0.1) is 5.92 Å². The van der Waals surface area contributed by atoms with E-state index < -0.39 is 8.32 Å². The number of hydrogen-bond acceptors (Lipinski definition) is 2. The van der Waals surface area contributed by atoms with Crippen LogP contribution in [0.3, 0.4) is 0 Å². The monoisotopic (exact) mass is 320 g/mol.